The highest BCUT2D eigenvalue weighted by Gasteiger charge is 2.31. The molecule has 0 spiro atoms. The van der Waals surface area contributed by atoms with Crippen LogP contribution < -0.4 is 0 Å². The number of carbonyl (C=O) groups excluding carboxylic acids is 2. The van der Waals surface area contributed by atoms with E-state index in [0.717, 1.165) is 70.6 Å². The van der Waals surface area contributed by atoms with Crippen molar-refractivity contribution in [3.63, 3.8) is 0 Å². The zero-order valence-electron chi connectivity index (χ0n) is 33.7. The van der Waals surface area contributed by atoms with E-state index >= 15 is 0 Å². The average molecular weight is 731 g/mol. The Labute approximate surface area is 318 Å². The second kappa shape index (κ2) is 35.1. The molecule has 0 amide bonds. The average Bonchev–Trinajstić information content (AvgIpc) is 3.09. The zero-order valence-corrected chi connectivity index (χ0v) is 33.7. The summed E-state index contributed by atoms with van der Waals surface area (Å²) in [4.78, 5) is 36.8. The highest BCUT2D eigenvalue weighted by atomic mass is 16.6. The summed E-state index contributed by atoms with van der Waals surface area (Å²) in [6, 6.07) is -0.624. The summed E-state index contributed by atoms with van der Waals surface area (Å²) in [5.41, 5.74) is 0. The molecule has 0 aliphatic carbocycles. The van der Waals surface area contributed by atoms with E-state index in [1.807, 2.05) is 21.1 Å². The number of unbranched alkanes of at least 4 members (excludes halogenated alkanes) is 11. The first kappa shape index (κ1) is 49.0. The number of hydrogen-bond donors (Lipinski definition) is 1. The number of carboxylic acids is 1. The molecule has 52 heavy (non-hydrogen) atoms. The number of carboxylic acid groups (broad SMARTS) is 1. The number of ether oxygens (including phenoxy) is 3. The number of aliphatic carboxylic acids is 1. The van der Waals surface area contributed by atoms with Crippen molar-refractivity contribution < 1.29 is 38.2 Å². The Bertz CT molecular complexity index is 1040. The van der Waals surface area contributed by atoms with Gasteiger partial charge in [-0.1, -0.05) is 113 Å². The quantitative estimate of drug-likeness (QED) is 0.0300. The molecule has 0 bridgehead atoms. The molecule has 0 aromatic rings. The van der Waals surface area contributed by atoms with Crippen LogP contribution in [0.3, 0.4) is 0 Å². The lowest BCUT2D eigenvalue weighted by atomic mass is 10.1. The molecule has 0 fully saturated rings. The van der Waals surface area contributed by atoms with Crippen LogP contribution in [0.5, 0.6) is 0 Å². The molecule has 0 aromatic heterocycles. The summed E-state index contributed by atoms with van der Waals surface area (Å²) in [5.74, 6) is -1.54. The van der Waals surface area contributed by atoms with Crippen LogP contribution in [0, 0.1) is 0 Å². The molecule has 8 heteroatoms. The second-order valence-corrected chi connectivity index (χ2v) is 14.5. The third-order valence-electron chi connectivity index (χ3n) is 8.65. The van der Waals surface area contributed by atoms with E-state index < -0.39 is 18.1 Å². The Morgan fingerprint density at radius 3 is 1.65 bits per heavy atom. The van der Waals surface area contributed by atoms with E-state index in [1.54, 1.807) is 0 Å². The number of likely N-dealkylation sites (N-methyl/N-ethyl adjacent to an activating group) is 1. The third-order valence-corrected chi connectivity index (χ3v) is 8.65. The van der Waals surface area contributed by atoms with Crippen LogP contribution in [0.1, 0.15) is 149 Å². The Hall–Kier alpha value is -2.97. The summed E-state index contributed by atoms with van der Waals surface area (Å²) in [5, 5.41) is 9.59. The molecule has 0 rings (SSSR count). The van der Waals surface area contributed by atoms with Crippen LogP contribution in [-0.2, 0) is 28.6 Å². The predicted molar refractivity (Wildman–Crippen MR) is 215 cm³/mol. The van der Waals surface area contributed by atoms with Crippen molar-refractivity contribution in [1.29, 1.82) is 0 Å². The van der Waals surface area contributed by atoms with Crippen LogP contribution in [0.2, 0.25) is 0 Å². The van der Waals surface area contributed by atoms with Gasteiger partial charge in [0.1, 0.15) is 6.61 Å². The lowest BCUT2D eigenvalue weighted by Crippen LogP contribution is -2.50. The number of quaternary nitrogens is 1. The largest absolute Gasteiger partial charge is 0.477 e. The van der Waals surface area contributed by atoms with Gasteiger partial charge in [0.05, 0.1) is 34.4 Å². The van der Waals surface area contributed by atoms with Crippen LogP contribution >= 0.6 is 0 Å². The normalized spacial score (nSPS) is 13.6. The lowest BCUT2D eigenvalue weighted by molar-refractivity contribution is -0.887. The smallest absolute Gasteiger partial charge is 0.362 e. The molecule has 1 N–H and O–H groups in total. The summed E-state index contributed by atoms with van der Waals surface area (Å²) in [6.45, 7) is 4.53. The van der Waals surface area contributed by atoms with E-state index in [-0.39, 0.29) is 42.7 Å². The third kappa shape index (κ3) is 32.9. The first-order chi connectivity index (χ1) is 25.1. The van der Waals surface area contributed by atoms with Gasteiger partial charge in [-0.15, -0.1) is 0 Å². The maximum Gasteiger partial charge on any atom is 0.362 e. The molecule has 0 saturated carbocycles. The molecule has 0 aromatic carbocycles. The first-order valence-electron chi connectivity index (χ1n) is 20.3. The summed E-state index contributed by atoms with van der Waals surface area (Å²) in [6.07, 6.45) is 41.2. The van der Waals surface area contributed by atoms with Crippen molar-refractivity contribution >= 4 is 17.9 Å². The van der Waals surface area contributed by atoms with Crippen molar-refractivity contribution in [3.8, 4) is 0 Å². The van der Waals surface area contributed by atoms with Crippen molar-refractivity contribution in [2.24, 2.45) is 0 Å². The fourth-order valence-corrected chi connectivity index (χ4v) is 5.49. The monoisotopic (exact) mass is 731 g/mol. The number of allylic oxidation sites excluding steroid dienone is 10. The minimum Gasteiger partial charge on any atom is -0.477 e. The standard InChI is InChI=1S/C44H75NO7/c1-6-8-10-12-14-16-18-20-21-23-25-27-29-31-33-35-43(47)52-40(38-50-37-36-41(44(48)49)45(3,4)5)39-51-42(46)34-32-30-28-26-24-22-19-17-15-13-11-9-7-2/h8,10,14,16-17,19-21,25,27,40-41H,6-7,9,11-13,15,18,22-24,26,28-39H2,1-5H3/p+1/b10-8-,16-14-,19-17-,21-20-,27-25-. The predicted octanol–water partition coefficient (Wildman–Crippen LogP) is 10.6. The van der Waals surface area contributed by atoms with E-state index in [9.17, 15) is 19.5 Å². The Balaban J connectivity index is 4.50. The van der Waals surface area contributed by atoms with E-state index in [1.165, 1.54) is 38.5 Å². The number of nitrogens with zero attached hydrogens (tertiary/aromatic N) is 1. The minimum atomic E-state index is -0.886. The zero-order chi connectivity index (χ0) is 38.5. The van der Waals surface area contributed by atoms with Gasteiger partial charge in [0.25, 0.3) is 0 Å². The lowest BCUT2D eigenvalue weighted by Gasteiger charge is -2.31. The van der Waals surface area contributed by atoms with Gasteiger partial charge in [0.2, 0.25) is 0 Å². The molecule has 298 valence electrons. The van der Waals surface area contributed by atoms with Crippen molar-refractivity contribution in [2.45, 2.75) is 161 Å². The SMILES string of the molecule is CC/C=C\C/C=C\C/C=C\C/C=C\CCCCC(=O)OC(COCCC(C(=O)O)[N+](C)(C)C)COC(=O)CCCCCCC/C=C\CCCCCC. The minimum absolute atomic E-state index is 0.0393. The molecule has 0 aliphatic heterocycles. The van der Waals surface area contributed by atoms with E-state index in [4.69, 9.17) is 14.2 Å². The topological polar surface area (TPSA) is 99.1 Å². The molecule has 0 radical (unpaired) electrons. The summed E-state index contributed by atoms with van der Waals surface area (Å²) < 4.78 is 17.2. The fraction of sp³-hybridized carbons (Fsp3) is 0.705. The van der Waals surface area contributed by atoms with Gasteiger partial charge in [-0.3, -0.25) is 9.59 Å². The Morgan fingerprint density at radius 2 is 1.08 bits per heavy atom. The summed E-state index contributed by atoms with van der Waals surface area (Å²) in [7, 11) is 5.50. The fourth-order valence-electron chi connectivity index (χ4n) is 5.49. The number of carbonyl (C=O) groups is 3. The molecule has 2 atom stereocenters. The van der Waals surface area contributed by atoms with E-state index in [0.29, 0.717) is 19.3 Å². The second-order valence-electron chi connectivity index (χ2n) is 14.5. The van der Waals surface area contributed by atoms with E-state index in [2.05, 4.69) is 74.6 Å². The molecule has 0 aliphatic rings. The molecular weight excluding hydrogens is 654 g/mol. The van der Waals surface area contributed by atoms with Gasteiger partial charge < -0.3 is 23.8 Å². The van der Waals surface area contributed by atoms with Crippen molar-refractivity contribution in [2.75, 3.05) is 41.0 Å². The van der Waals surface area contributed by atoms with Crippen LogP contribution in [0.4, 0.5) is 0 Å². The van der Waals surface area contributed by atoms with Gasteiger partial charge >= 0.3 is 17.9 Å². The highest BCUT2D eigenvalue weighted by Crippen LogP contribution is 2.12. The number of hydrogen-bond acceptors (Lipinski definition) is 6. The molecule has 8 nitrogen and oxygen atoms in total. The summed E-state index contributed by atoms with van der Waals surface area (Å²) >= 11 is 0. The van der Waals surface area contributed by atoms with Crippen LogP contribution in [0.25, 0.3) is 0 Å². The van der Waals surface area contributed by atoms with Crippen molar-refractivity contribution in [3.05, 3.63) is 60.8 Å². The maximum atomic E-state index is 12.7. The highest BCUT2D eigenvalue weighted by molar-refractivity contribution is 5.72. The first-order valence-corrected chi connectivity index (χ1v) is 20.3. The van der Waals surface area contributed by atoms with Crippen molar-refractivity contribution in [1.82, 2.24) is 0 Å². The number of rotatable bonds is 35. The molecular formula is C44H76NO7+. The van der Waals surface area contributed by atoms with Gasteiger partial charge in [0.15, 0.2) is 12.1 Å². The van der Waals surface area contributed by atoms with Gasteiger partial charge in [0, 0.05) is 19.3 Å². The molecule has 0 heterocycles. The van der Waals surface area contributed by atoms with Gasteiger partial charge in [-0.25, -0.2) is 4.79 Å². The van der Waals surface area contributed by atoms with Crippen LogP contribution in [-0.4, -0.2) is 80.6 Å². The number of esters is 2. The van der Waals surface area contributed by atoms with Crippen LogP contribution in [0.15, 0.2) is 60.8 Å². The Morgan fingerprint density at radius 1 is 0.596 bits per heavy atom. The van der Waals surface area contributed by atoms with Gasteiger partial charge in [-0.05, 0) is 77.0 Å². The molecule has 2 unspecified atom stereocenters. The molecule has 0 saturated heterocycles. The van der Waals surface area contributed by atoms with Gasteiger partial charge in [-0.2, -0.15) is 0 Å². The maximum absolute atomic E-state index is 12.7. The Kier molecular flexibility index (Phi) is 33.1.